The summed E-state index contributed by atoms with van der Waals surface area (Å²) in [6, 6.07) is 16.6. The van der Waals surface area contributed by atoms with Crippen LogP contribution in [0.1, 0.15) is 5.56 Å². The molecule has 0 bridgehead atoms. The first-order chi connectivity index (χ1) is 8.63. The molecule has 0 aliphatic heterocycles. The third-order valence-corrected chi connectivity index (χ3v) is 3.70. The average molecular weight is 314 g/mol. The minimum atomic E-state index is 0. The molecule has 0 saturated heterocycles. The predicted octanol–water partition coefficient (Wildman–Crippen LogP) is 4.97. The van der Waals surface area contributed by atoms with Crippen LogP contribution in [0, 0.1) is 0 Å². The van der Waals surface area contributed by atoms with Gasteiger partial charge in [-0.15, -0.1) is 12.4 Å². The van der Waals surface area contributed by atoms with Gasteiger partial charge in [0.05, 0.1) is 0 Å². The minimum absolute atomic E-state index is 0. The maximum atomic E-state index is 5.88. The van der Waals surface area contributed by atoms with E-state index in [0.717, 1.165) is 11.6 Å². The lowest BCUT2D eigenvalue weighted by Crippen LogP contribution is -2.10. The van der Waals surface area contributed by atoms with Gasteiger partial charge in [0.2, 0.25) is 0 Å². The van der Waals surface area contributed by atoms with E-state index in [4.69, 9.17) is 11.6 Å². The van der Waals surface area contributed by atoms with E-state index in [9.17, 15) is 0 Å². The average Bonchev–Trinajstić information content (AvgIpc) is 2.32. The monoisotopic (exact) mass is 313 g/mol. The molecule has 2 aromatic carbocycles. The highest BCUT2D eigenvalue weighted by Crippen LogP contribution is 2.29. The second kappa shape index (κ2) is 7.81. The van der Waals surface area contributed by atoms with Gasteiger partial charge in [-0.1, -0.05) is 35.5 Å². The summed E-state index contributed by atoms with van der Waals surface area (Å²) >= 11 is 7.64. The molecule has 0 N–H and O–H groups in total. The summed E-state index contributed by atoms with van der Waals surface area (Å²) in [4.78, 5) is 4.64. The SMILES string of the molecule is CN(C)Cc1cccc(Sc2ccc(Cl)cc2)c1.Cl. The molecule has 0 aromatic heterocycles. The summed E-state index contributed by atoms with van der Waals surface area (Å²) in [6.45, 7) is 0.967. The van der Waals surface area contributed by atoms with Crippen molar-refractivity contribution in [3.8, 4) is 0 Å². The van der Waals surface area contributed by atoms with Crippen LogP contribution < -0.4 is 0 Å². The number of benzene rings is 2. The predicted molar refractivity (Wildman–Crippen MR) is 86.7 cm³/mol. The van der Waals surface area contributed by atoms with Gasteiger partial charge >= 0.3 is 0 Å². The highest BCUT2D eigenvalue weighted by molar-refractivity contribution is 7.99. The summed E-state index contributed by atoms with van der Waals surface area (Å²) in [6.07, 6.45) is 0. The number of hydrogen-bond acceptors (Lipinski definition) is 2. The van der Waals surface area contributed by atoms with E-state index in [1.165, 1.54) is 15.4 Å². The van der Waals surface area contributed by atoms with Crippen LogP contribution in [0.4, 0.5) is 0 Å². The Balaban J connectivity index is 0.00000180. The molecule has 1 nitrogen and oxygen atoms in total. The standard InChI is InChI=1S/C15H16ClNS.ClH/c1-17(2)11-12-4-3-5-15(10-12)18-14-8-6-13(16)7-9-14;/h3-10H,11H2,1-2H3;1H. The van der Waals surface area contributed by atoms with Crippen molar-refractivity contribution in [3.63, 3.8) is 0 Å². The number of hydrogen-bond donors (Lipinski definition) is 0. The molecule has 0 atom stereocenters. The van der Waals surface area contributed by atoms with Crippen LogP contribution in [0.15, 0.2) is 58.3 Å². The van der Waals surface area contributed by atoms with Gasteiger partial charge in [0, 0.05) is 21.4 Å². The van der Waals surface area contributed by atoms with Crippen LogP contribution in [0.5, 0.6) is 0 Å². The number of halogens is 2. The molecular formula is C15H17Cl2NS. The highest BCUT2D eigenvalue weighted by atomic mass is 35.5. The summed E-state index contributed by atoms with van der Waals surface area (Å²) in [7, 11) is 4.16. The van der Waals surface area contributed by atoms with Crippen molar-refractivity contribution < 1.29 is 0 Å². The van der Waals surface area contributed by atoms with Crippen molar-refractivity contribution in [2.45, 2.75) is 16.3 Å². The van der Waals surface area contributed by atoms with Gasteiger partial charge in [0.1, 0.15) is 0 Å². The van der Waals surface area contributed by atoms with Crippen molar-refractivity contribution in [1.29, 1.82) is 0 Å². The molecule has 19 heavy (non-hydrogen) atoms. The van der Waals surface area contributed by atoms with Gasteiger partial charge in [-0.3, -0.25) is 0 Å². The summed E-state index contributed by atoms with van der Waals surface area (Å²) in [5.41, 5.74) is 1.33. The molecular weight excluding hydrogens is 297 g/mol. The zero-order valence-electron chi connectivity index (χ0n) is 11.0. The molecule has 0 spiro atoms. The third kappa shape index (κ3) is 5.45. The molecule has 0 radical (unpaired) electrons. The molecule has 0 amide bonds. The quantitative estimate of drug-likeness (QED) is 0.783. The number of nitrogens with zero attached hydrogens (tertiary/aromatic N) is 1. The Morgan fingerprint density at radius 1 is 1.00 bits per heavy atom. The van der Waals surface area contributed by atoms with Crippen LogP contribution in [0.3, 0.4) is 0 Å². The van der Waals surface area contributed by atoms with Gasteiger partial charge in [-0.2, -0.15) is 0 Å². The van der Waals surface area contributed by atoms with E-state index in [-0.39, 0.29) is 12.4 Å². The first-order valence-electron chi connectivity index (χ1n) is 5.80. The second-order valence-corrected chi connectivity index (χ2v) is 6.02. The first-order valence-corrected chi connectivity index (χ1v) is 7.00. The lowest BCUT2D eigenvalue weighted by atomic mass is 10.2. The first kappa shape index (κ1) is 16.4. The Labute approximate surface area is 130 Å². The van der Waals surface area contributed by atoms with Gasteiger partial charge < -0.3 is 4.90 Å². The summed E-state index contributed by atoms with van der Waals surface area (Å²) in [5.74, 6) is 0. The van der Waals surface area contributed by atoms with Gasteiger partial charge in [0.15, 0.2) is 0 Å². The second-order valence-electron chi connectivity index (χ2n) is 4.44. The van der Waals surface area contributed by atoms with E-state index in [0.29, 0.717) is 0 Å². The molecule has 102 valence electrons. The van der Waals surface area contributed by atoms with Crippen LogP contribution in [0.25, 0.3) is 0 Å². The lowest BCUT2D eigenvalue weighted by molar-refractivity contribution is 0.402. The fraction of sp³-hybridized carbons (Fsp3) is 0.200. The van der Waals surface area contributed by atoms with E-state index >= 15 is 0 Å². The van der Waals surface area contributed by atoms with Crippen LogP contribution in [0.2, 0.25) is 5.02 Å². The van der Waals surface area contributed by atoms with Crippen molar-refractivity contribution in [3.05, 3.63) is 59.1 Å². The molecule has 0 aliphatic carbocycles. The Morgan fingerprint density at radius 3 is 2.32 bits per heavy atom. The van der Waals surface area contributed by atoms with Crippen molar-refractivity contribution in [2.75, 3.05) is 14.1 Å². The fourth-order valence-electron chi connectivity index (χ4n) is 1.71. The zero-order chi connectivity index (χ0) is 13.0. The maximum absolute atomic E-state index is 5.88. The molecule has 0 saturated carbocycles. The fourth-order valence-corrected chi connectivity index (χ4v) is 2.74. The van der Waals surface area contributed by atoms with Crippen LogP contribution in [-0.2, 0) is 6.54 Å². The third-order valence-electron chi connectivity index (χ3n) is 2.45. The smallest absolute Gasteiger partial charge is 0.0406 e. The zero-order valence-corrected chi connectivity index (χ0v) is 13.4. The Kier molecular flexibility index (Phi) is 6.73. The van der Waals surface area contributed by atoms with E-state index < -0.39 is 0 Å². The van der Waals surface area contributed by atoms with Gasteiger partial charge in [0.25, 0.3) is 0 Å². The molecule has 2 aromatic rings. The molecule has 2 rings (SSSR count). The molecule has 0 heterocycles. The van der Waals surface area contributed by atoms with Crippen molar-refractivity contribution in [1.82, 2.24) is 4.90 Å². The summed E-state index contributed by atoms with van der Waals surface area (Å²) < 4.78 is 0. The van der Waals surface area contributed by atoms with E-state index in [1.54, 1.807) is 11.8 Å². The Hall–Kier alpha value is -0.670. The van der Waals surface area contributed by atoms with Gasteiger partial charge in [-0.25, -0.2) is 0 Å². The van der Waals surface area contributed by atoms with E-state index in [1.807, 2.05) is 24.3 Å². The highest BCUT2D eigenvalue weighted by Gasteiger charge is 2.00. The lowest BCUT2D eigenvalue weighted by Gasteiger charge is -2.10. The minimum Gasteiger partial charge on any atom is -0.305 e. The Bertz CT molecular complexity index is 512. The molecule has 0 fully saturated rings. The summed E-state index contributed by atoms with van der Waals surface area (Å²) in [5, 5.41) is 0.778. The van der Waals surface area contributed by atoms with E-state index in [2.05, 4.69) is 43.3 Å². The number of rotatable bonds is 4. The van der Waals surface area contributed by atoms with Crippen molar-refractivity contribution in [2.24, 2.45) is 0 Å². The van der Waals surface area contributed by atoms with Gasteiger partial charge in [-0.05, 0) is 56.1 Å². The topological polar surface area (TPSA) is 3.24 Å². The molecule has 0 unspecified atom stereocenters. The van der Waals surface area contributed by atoms with Crippen LogP contribution >= 0.6 is 35.8 Å². The normalized spacial score (nSPS) is 10.3. The molecule has 0 aliphatic rings. The Morgan fingerprint density at radius 2 is 1.68 bits per heavy atom. The molecule has 4 heteroatoms. The largest absolute Gasteiger partial charge is 0.305 e. The maximum Gasteiger partial charge on any atom is 0.0406 e. The van der Waals surface area contributed by atoms with Crippen LogP contribution in [-0.4, -0.2) is 19.0 Å². The van der Waals surface area contributed by atoms with Crippen molar-refractivity contribution >= 4 is 35.8 Å².